The van der Waals surface area contributed by atoms with Crippen LogP contribution in [0.3, 0.4) is 0 Å². The summed E-state index contributed by atoms with van der Waals surface area (Å²) in [6.45, 7) is 5.87. The number of nitrogens with zero attached hydrogens (tertiary/aromatic N) is 2. The summed E-state index contributed by atoms with van der Waals surface area (Å²) in [4.78, 5) is 17.6. The zero-order chi connectivity index (χ0) is 38.5. The van der Waals surface area contributed by atoms with Crippen LogP contribution in [0.1, 0.15) is 119 Å². The Morgan fingerprint density at radius 3 is 1.48 bits per heavy atom. The molecule has 0 saturated carbocycles. The second-order valence-electron chi connectivity index (χ2n) is 15.0. The Kier molecular flexibility index (Phi) is 13.5. The zero-order valence-electron chi connectivity index (χ0n) is 33.1. The van der Waals surface area contributed by atoms with Crippen molar-refractivity contribution in [1.82, 2.24) is 19.9 Å². The number of hydrogen-bond donors (Lipinski definition) is 3. The van der Waals surface area contributed by atoms with Crippen molar-refractivity contribution < 1.29 is 14.6 Å². The van der Waals surface area contributed by atoms with E-state index in [2.05, 4.69) is 96.7 Å². The van der Waals surface area contributed by atoms with E-state index in [-0.39, 0.29) is 6.61 Å². The van der Waals surface area contributed by atoms with Crippen LogP contribution < -0.4 is 9.47 Å². The average Bonchev–Trinajstić information content (AvgIpc) is 4.05. The molecule has 0 spiro atoms. The lowest BCUT2D eigenvalue weighted by atomic mass is 10.0. The van der Waals surface area contributed by atoms with Gasteiger partial charge in [0.05, 0.1) is 42.6 Å². The van der Waals surface area contributed by atoms with Crippen LogP contribution in [0.2, 0.25) is 0 Å². The summed E-state index contributed by atoms with van der Waals surface area (Å²) in [7, 11) is 0. The summed E-state index contributed by atoms with van der Waals surface area (Å²) < 4.78 is 12.9. The summed E-state index contributed by atoms with van der Waals surface area (Å²) in [6.07, 6.45) is 22.9. The fourth-order valence-corrected chi connectivity index (χ4v) is 7.48. The number of unbranched alkanes of at least 4 members (excludes halogenated alkanes) is 10. The van der Waals surface area contributed by atoms with Gasteiger partial charge in [-0.25, -0.2) is 9.97 Å². The molecule has 0 amide bonds. The molecular weight excluding hydrogens is 693 g/mol. The molecule has 0 atom stereocenters. The first-order valence-electron chi connectivity index (χ1n) is 20.8. The predicted molar refractivity (Wildman–Crippen MR) is 233 cm³/mol. The fourth-order valence-electron chi connectivity index (χ4n) is 7.48. The zero-order valence-corrected chi connectivity index (χ0v) is 33.1. The second kappa shape index (κ2) is 19.5. The molecule has 5 aromatic rings. The standard InChI is InChI=1S/C49H56N4O3/c1-3-5-7-9-11-13-27-55-42-29-37(30-43(33-42)56-28-14-12-10-8-6-4-2)49-46-25-21-40(52-46)31-38-19-23-44(50-38)48(36-17-15-35(34-54)16-18-36)45-24-20-39(51-45)32-41-22-26-47(49)53-41/h15-26,29-33,50,53-54H,3-14,27-28,34H2,1-2H3. The molecule has 0 radical (unpaired) electrons. The number of ether oxygens (including phenoxy) is 2. The Bertz CT molecular complexity index is 2260. The molecule has 8 bridgehead atoms. The molecular formula is C49H56N4O3. The van der Waals surface area contributed by atoms with Crippen LogP contribution in [-0.2, 0) is 6.61 Å². The van der Waals surface area contributed by atoms with Crippen molar-refractivity contribution in [3.63, 3.8) is 0 Å². The van der Waals surface area contributed by atoms with E-state index in [1.54, 1.807) is 0 Å². The van der Waals surface area contributed by atoms with Gasteiger partial charge in [0.15, 0.2) is 0 Å². The van der Waals surface area contributed by atoms with E-state index in [1.807, 2.05) is 30.3 Å². The Hall–Kier alpha value is -5.40. The predicted octanol–water partition coefficient (Wildman–Crippen LogP) is 13.0. The second-order valence-corrected chi connectivity index (χ2v) is 15.0. The van der Waals surface area contributed by atoms with Crippen molar-refractivity contribution in [3.05, 3.63) is 107 Å². The largest absolute Gasteiger partial charge is 0.493 e. The molecule has 2 aliphatic rings. The third-order valence-electron chi connectivity index (χ3n) is 10.5. The highest BCUT2D eigenvalue weighted by atomic mass is 16.5. The maximum absolute atomic E-state index is 9.66. The van der Waals surface area contributed by atoms with Crippen LogP contribution >= 0.6 is 0 Å². The van der Waals surface area contributed by atoms with Gasteiger partial charge in [-0.3, -0.25) is 0 Å². The highest BCUT2D eigenvalue weighted by Crippen LogP contribution is 2.36. The van der Waals surface area contributed by atoms with Crippen LogP contribution in [-0.4, -0.2) is 38.3 Å². The van der Waals surface area contributed by atoms with Gasteiger partial charge >= 0.3 is 0 Å². The number of hydrogen-bond acceptors (Lipinski definition) is 5. The van der Waals surface area contributed by atoms with Crippen LogP contribution in [0.4, 0.5) is 0 Å². The van der Waals surface area contributed by atoms with Gasteiger partial charge in [0.25, 0.3) is 0 Å². The fraction of sp³-hybridized carbons (Fsp3) is 0.347. The molecule has 3 N–H and O–H groups in total. The summed E-state index contributed by atoms with van der Waals surface area (Å²) in [5.41, 5.74) is 12.1. The van der Waals surface area contributed by atoms with E-state index in [0.717, 1.165) is 97.0 Å². The minimum absolute atomic E-state index is 0.00351. The lowest BCUT2D eigenvalue weighted by Gasteiger charge is -2.14. The minimum atomic E-state index is 0.00351. The van der Waals surface area contributed by atoms with Crippen molar-refractivity contribution in [3.8, 4) is 33.8 Å². The monoisotopic (exact) mass is 748 g/mol. The first-order chi connectivity index (χ1) is 27.6. The van der Waals surface area contributed by atoms with Gasteiger partial charge in [-0.15, -0.1) is 0 Å². The van der Waals surface area contributed by atoms with Gasteiger partial charge in [0, 0.05) is 39.3 Å². The molecule has 0 saturated heterocycles. The molecule has 290 valence electrons. The number of rotatable bonds is 19. The molecule has 7 heteroatoms. The number of aliphatic hydroxyl groups is 1. The van der Waals surface area contributed by atoms with Crippen molar-refractivity contribution in [1.29, 1.82) is 0 Å². The van der Waals surface area contributed by atoms with Crippen LogP contribution in [0.5, 0.6) is 11.5 Å². The van der Waals surface area contributed by atoms with Crippen LogP contribution in [0.25, 0.3) is 68.6 Å². The number of aromatic nitrogens is 4. The topological polar surface area (TPSA) is 96.1 Å². The maximum atomic E-state index is 9.66. The smallest absolute Gasteiger partial charge is 0.123 e. The van der Waals surface area contributed by atoms with Crippen molar-refractivity contribution >= 4 is 46.4 Å². The molecule has 56 heavy (non-hydrogen) atoms. The lowest BCUT2D eigenvalue weighted by molar-refractivity contribution is 0.282. The Balaban J connectivity index is 1.29. The lowest BCUT2D eigenvalue weighted by Crippen LogP contribution is -2.01. The highest BCUT2D eigenvalue weighted by molar-refractivity contribution is 5.93. The number of benzene rings is 2. The first-order valence-corrected chi connectivity index (χ1v) is 20.8. The number of fused-ring (bicyclic) bond motifs is 8. The molecule has 7 rings (SSSR count). The molecule has 5 heterocycles. The van der Waals surface area contributed by atoms with Crippen molar-refractivity contribution in [2.75, 3.05) is 13.2 Å². The highest BCUT2D eigenvalue weighted by Gasteiger charge is 2.15. The normalized spacial score (nSPS) is 12.1. The van der Waals surface area contributed by atoms with E-state index in [0.29, 0.717) is 13.2 Å². The van der Waals surface area contributed by atoms with E-state index >= 15 is 0 Å². The summed E-state index contributed by atoms with van der Waals surface area (Å²) in [5, 5.41) is 9.66. The van der Waals surface area contributed by atoms with Crippen molar-refractivity contribution in [2.45, 2.75) is 97.5 Å². The number of nitrogens with one attached hydrogen (secondary N) is 2. The van der Waals surface area contributed by atoms with Crippen LogP contribution in [0, 0.1) is 0 Å². The average molecular weight is 749 g/mol. The third kappa shape index (κ3) is 10.1. The van der Waals surface area contributed by atoms with Gasteiger partial charge in [0.2, 0.25) is 0 Å². The minimum Gasteiger partial charge on any atom is -0.493 e. The quantitative estimate of drug-likeness (QED) is 0.0716. The SMILES string of the molecule is CCCCCCCCOc1cc(OCCCCCCCC)cc(-c2c3nc(cc4ccc([nH]4)c(-c4ccc(CO)cc4)c4nc(cc5ccc2[nH]5)C=C4)C=C3)c1. The third-order valence-corrected chi connectivity index (χ3v) is 10.5. The molecule has 2 aliphatic heterocycles. The van der Waals surface area contributed by atoms with E-state index < -0.39 is 0 Å². The van der Waals surface area contributed by atoms with Crippen LogP contribution in [0.15, 0.2) is 78.9 Å². The summed E-state index contributed by atoms with van der Waals surface area (Å²) >= 11 is 0. The Morgan fingerprint density at radius 1 is 0.500 bits per heavy atom. The molecule has 0 fully saturated rings. The molecule has 7 nitrogen and oxygen atoms in total. The molecule has 0 aliphatic carbocycles. The number of aliphatic hydroxyl groups excluding tert-OH is 1. The van der Waals surface area contributed by atoms with E-state index in [4.69, 9.17) is 19.4 Å². The maximum Gasteiger partial charge on any atom is 0.123 e. The van der Waals surface area contributed by atoms with Gasteiger partial charge in [-0.2, -0.15) is 0 Å². The molecule has 0 unspecified atom stereocenters. The summed E-state index contributed by atoms with van der Waals surface area (Å²) in [6, 6.07) is 26.9. The number of aromatic amines is 2. The number of H-pyrrole nitrogens is 2. The van der Waals surface area contributed by atoms with Crippen molar-refractivity contribution in [2.24, 2.45) is 0 Å². The van der Waals surface area contributed by atoms with E-state index in [9.17, 15) is 5.11 Å². The Morgan fingerprint density at radius 2 is 0.982 bits per heavy atom. The van der Waals surface area contributed by atoms with E-state index in [1.165, 1.54) is 64.2 Å². The van der Waals surface area contributed by atoms with Gasteiger partial charge < -0.3 is 24.5 Å². The summed E-state index contributed by atoms with van der Waals surface area (Å²) in [5.74, 6) is 1.63. The van der Waals surface area contributed by atoms with Gasteiger partial charge in [-0.1, -0.05) is 102 Å². The van der Waals surface area contributed by atoms with Gasteiger partial charge in [-0.05, 0) is 102 Å². The first kappa shape index (κ1) is 38.9. The Labute approximate surface area is 331 Å². The molecule has 3 aromatic heterocycles. The molecule has 2 aromatic carbocycles. The van der Waals surface area contributed by atoms with Gasteiger partial charge in [0.1, 0.15) is 11.5 Å².